The number of hydrogen-bond donors (Lipinski definition) is 2. The number of aromatic nitrogens is 2. The van der Waals surface area contributed by atoms with Crippen LogP contribution in [0.15, 0.2) is 4.79 Å². The summed E-state index contributed by atoms with van der Waals surface area (Å²) in [6.45, 7) is 5.20. The maximum absolute atomic E-state index is 12.6. The van der Waals surface area contributed by atoms with Crippen molar-refractivity contribution in [2.45, 2.75) is 45.1 Å². The van der Waals surface area contributed by atoms with Crippen LogP contribution in [0.3, 0.4) is 0 Å². The van der Waals surface area contributed by atoms with Crippen molar-refractivity contribution in [1.82, 2.24) is 19.8 Å². The highest BCUT2D eigenvalue weighted by atomic mass is 16.3. The van der Waals surface area contributed by atoms with Crippen molar-refractivity contribution in [1.29, 1.82) is 0 Å². The van der Waals surface area contributed by atoms with Gasteiger partial charge in [-0.3, -0.25) is 9.59 Å². The average Bonchev–Trinajstić information content (AvgIpc) is 2.63. The van der Waals surface area contributed by atoms with E-state index in [1.54, 1.807) is 18.7 Å². The van der Waals surface area contributed by atoms with E-state index in [1.165, 1.54) is 0 Å². The molecule has 2 heterocycles. The first-order valence-corrected chi connectivity index (χ1v) is 8.41. The van der Waals surface area contributed by atoms with Crippen molar-refractivity contribution < 1.29 is 9.90 Å². The third kappa shape index (κ3) is 4.64. The van der Waals surface area contributed by atoms with Crippen LogP contribution in [0.5, 0.6) is 0 Å². The topological polar surface area (TPSA) is 89.5 Å². The number of aliphatic hydroxyl groups is 1. The van der Waals surface area contributed by atoms with Gasteiger partial charge >= 0.3 is 0 Å². The molecular formula is C17H28N4O3. The van der Waals surface area contributed by atoms with Crippen LogP contribution in [-0.4, -0.2) is 70.1 Å². The van der Waals surface area contributed by atoms with Gasteiger partial charge in [0.05, 0.1) is 12.0 Å². The Morgan fingerprint density at radius 2 is 2.04 bits per heavy atom. The van der Waals surface area contributed by atoms with Gasteiger partial charge in [0.1, 0.15) is 5.82 Å². The van der Waals surface area contributed by atoms with Crippen molar-refractivity contribution >= 4 is 5.91 Å². The van der Waals surface area contributed by atoms with Crippen LogP contribution in [0.2, 0.25) is 0 Å². The molecule has 1 aliphatic heterocycles. The smallest absolute Gasteiger partial charge is 0.254 e. The number of nitrogens with one attached hydrogen (secondary N) is 1. The number of nitrogens with zero attached hydrogens (tertiary/aromatic N) is 3. The molecule has 0 saturated carbocycles. The van der Waals surface area contributed by atoms with Crippen LogP contribution in [0.25, 0.3) is 0 Å². The van der Waals surface area contributed by atoms with Gasteiger partial charge in [-0.05, 0) is 47.2 Å². The minimum Gasteiger partial charge on any atom is -0.388 e. The first-order chi connectivity index (χ1) is 11.2. The Morgan fingerprint density at radius 1 is 1.33 bits per heavy atom. The number of hydrogen-bond acceptors (Lipinski definition) is 5. The van der Waals surface area contributed by atoms with Crippen LogP contribution in [0.1, 0.15) is 36.3 Å². The Morgan fingerprint density at radius 3 is 2.67 bits per heavy atom. The summed E-state index contributed by atoms with van der Waals surface area (Å²) < 4.78 is 0. The van der Waals surface area contributed by atoms with Gasteiger partial charge in [-0.1, -0.05) is 0 Å². The van der Waals surface area contributed by atoms with Crippen LogP contribution in [0.4, 0.5) is 0 Å². The van der Waals surface area contributed by atoms with Crippen LogP contribution >= 0.6 is 0 Å². The van der Waals surface area contributed by atoms with Crippen molar-refractivity contribution in [3.05, 3.63) is 27.4 Å². The number of H-pyrrole nitrogens is 1. The number of carbonyl (C=O) groups is 1. The number of rotatable bonds is 4. The second-order valence-electron chi connectivity index (χ2n) is 7.09. The highest BCUT2D eigenvalue weighted by Gasteiger charge is 2.32. The lowest BCUT2D eigenvalue weighted by atomic mass is 9.94. The van der Waals surface area contributed by atoms with E-state index in [0.29, 0.717) is 49.6 Å². The summed E-state index contributed by atoms with van der Waals surface area (Å²) in [7, 11) is 3.87. The summed E-state index contributed by atoms with van der Waals surface area (Å²) in [4.78, 5) is 35.3. The number of carbonyl (C=O) groups excluding carboxylic acids is 1. The van der Waals surface area contributed by atoms with Gasteiger partial charge in [0.15, 0.2) is 0 Å². The Kier molecular flexibility index (Phi) is 5.77. The van der Waals surface area contributed by atoms with Gasteiger partial charge in [-0.2, -0.15) is 0 Å². The number of likely N-dealkylation sites (tertiary alicyclic amines) is 1. The molecule has 2 N–H and O–H groups in total. The predicted octanol–water partition coefficient (Wildman–Crippen LogP) is 0.234. The second-order valence-corrected chi connectivity index (χ2v) is 7.09. The maximum Gasteiger partial charge on any atom is 0.254 e. The molecule has 7 heteroatoms. The molecule has 1 aromatic rings. The van der Waals surface area contributed by atoms with E-state index < -0.39 is 5.60 Å². The van der Waals surface area contributed by atoms with Crippen molar-refractivity contribution in [2.24, 2.45) is 0 Å². The molecule has 0 aliphatic carbocycles. The lowest BCUT2D eigenvalue weighted by molar-refractivity contribution is -0.130. The summed E-state index contributed by atoms with van der Waals surface area (Å²) in [5.41, 5.74) is 0.0337. The highest BCUT2D eigenvalue weighted by Crippen LogP contribution is 2.23. The second kappa shape index (κ2) is 7.44. The molecule has 1 aromatic heterocycles. The molecule has 24 heavy (non-hydrogen) atoms. The summed E-state index contributed by atoms with van der Waals surface area (Å²) in [6.07, 6.45) is 2.05. The number of aromatic amines is 1. The van der Waals surface area contributed by atoms with E-state index in [9.17, 15) is 14.7 Å². The normalized spacial score (nSPS) is 21.8. The van der Waals surface area contributed by atoms with E-state index >= 15 is 0 Å². The molecular weight excluding hydrogens is 308 g/mol. The van der Waals surface area contributed by atoms with Crippen LogP contribution in [0, 0.1) is 13.8 Å². The molecule has 0 bridgehead atoms. The summed E-state index contributed by atoms with van der Waals surface area (Å²) >= 11 is 0. The fraction of sp³-hybridized carbons (Fsp3) is 0.706. The van der Waals surface area contributed by atoms with Crippen LogP contribution in [-0.2, 0) is 11.2 Å². The molecule has 7 nitrogen and oxygen atoms in total. The van der Waals surface area contributed by atoms with Crippen molar-refractivity contribution in [3.63, 3.8) is 0 Å². The van der Waals surface area contributed by atoms with Gasteiger partial charge in [-0.15, -0.1) is 0 Å². The van der Waals surface area contributed by atoms with E-state index in [2.05, 4.69) is 9.97 Å². The highest BCUT2D eigenvalue weighted by molar-refractivity contribution is 5.79. The number of aryl methyl sites for hydroxylation is 2. The van der Waals surface area contributed by atoms with Crippen molar-refractivity contribution in [3.8, 4) is 0 Å². The molecule has 0 radical (unpaired) electrons. The third-order valence-electron chi connectivity index (χ3n) is 4.55. The lowest BCUT2D eigenvalue weighted by Crippen LogP contribution is -2.41. The van der Waals surface area contributed by atoms with Gasteiger partial charge in [-0.25, -0.2) is 4.98 Å². The Bertz CT molecular complexity index is 656. The van der Waals surface area contributed by atoms with Crippen molar-refractivity contribution in [2.75, 3.05) is 33.7 Å². The fourth-order valence-electron chi connectivity index (χ4n) is 3.40. The molecule has 0 unspecified atom stereocenters. The fourth-order valence-corrected chi connectivity index (χ4v) is 3.40. The molecule has 1 atom stereocenters. The Balaban J connectivity index is 2.05. The predicted molar refractivity (Wildman–Crippen MR) is 92.0 cm³/mol. The van der Waals surface area contributed by atoms with E-state index in [4.69, 9.17) is 0 Å². The van der Waals surface area contributed by atoms with E-state index in [-0.39, 0.29) is 17.9 Å². The standard InChI is InChI=1S/C17H28N4O3/c1-12-14(16(23)19-13(2)18-12)10-15(22)21-8-5-6-17(24,7-9-21)11-20(3)4/h24H,5-11H2,1-4H3,(H,18,19,23)/t17-/m0/s1. The summed E-state index contributed by atoms with van der Waals surface area (Å²) in [6, 6.07) is 0. The summed E-state index contributed by atoms with van der Waals surface area (Å²) in [5, 5.41) is 10.7. The zero-order valence-electron chi connectivity index (χ0n) is 15.1. The SMILES string of the molecule is Cc1nc(C)c(CC(=O)N2CCC[C@@](O)(CN(C)C)CC2)c(=O)[nH]1. The number of likely N-dealkylation sites (N-methyl/N-ethyl adjacent to an activating group) is 1. The summed E-state index contributed by atoms with van der Waals surface area (Å²) in [5.74, 6) is 0.473. The van der Waals surface area contributed by atoms with Crippen LogP contribution < -0.4 is 5.56 Å². The average molecular weight is 336 g/mol. The molecule has 134 valence electrons. The zero-order valence-corrected chi connectivity index (χ0v) is 15.1. The van der Waals surface area contributed by atoms with Gasteiger partial charge in [0.2, 0.25) is 5.91 Å². The largest absolute Gasteiger partial charge is 0.388 e. The number of amides is 1. The third-order valence-corrected chi connectivity index (χ3v) is 4.55. The molecule has 0 spiro atoms. The van der Waals surface area contributed by atoms with Gasteiger partial charge in [0, 0.05) is 30.9 Å². The maximum atomic E-state index is 12.6. The molecule has 1 saturated heterocycles. The molecule has 0 aromatic carbocycles. The Labute approximate surface area is 142 Å². The first-order valence-electron chi connectivity index (χ1n) is 8.41. The van der Waals surface area contributed by atoms with Gasteiger partial charge in [0.25, 0.3) is 5.56 Å². The van der Waals surface area contributed by atoms with Gasteiger partial charge < -0.3 is 19.9 Å². The van der Waals surface area contributed by atoms with E-state index in [1.807, 2.05) is 19.0 Å². The first kappa shape index (κ1) is 18.6. The van der Waals surface area contributed by atoms with E-state index in [0.717, 1.165) is 6.42 Å². The molecule has 1 aliphatic rings. The zero-order chi connectivity index (χ0) is 17.9. The minimum absolute atomic E-state index is 0.0561. The lowest BCUT2D eigenvalue weighted by Gasteiger charge is -2.30. The molecule has 2 rings (SSSR count). The molecule has 1 fully saturated rings. The molecule has 1 amide bonds. The monoisotopic (exact) mass is 336 g/mol. The quantitative estimate of drug-likeness (QED) is 0.822. The Hall–Kier alpha value is -1.73. The minimum atomic E-state index is -0.753.